The molecule has 1 atom stereocenters. The number of rotatable bonds is 5. The smallest absolute Gasteiger partial charge is 0.134 e. The third kappa shape index (κ3) is 3.08. The van der Waals surface area contributed by atoms with Crippen LogP contribution >= 0.6 is 0 Å². The Morgan fingerprint density at radius 2 is 2.06 bits per heavy atom. The number of nitrogens with two attached hydrogens (primary N) is 1. The lowest BCUT2D eigenvalue weighted by Gasteiger charge is -2.26. The minimum atomic E-state index is 0.476. The first-order chi connectivity index (χ1) is 7.58. The van der Waals surface area contributed by atoms with Crippen molar-refractivity contribution < 1.29 is 0 Å². The third-order valence-corrected chi connectivity index (χ3v) is 2.82. The number of anilines is 2. The number of aryl methyl sites for hydroxylation is 1. The van der Waals surface area contributed by atoms with E-state index in [1.54, 1.807) is 0 Å². The molecule has 16 heavy (non-hydrogen) atoms. The van der Waals surface area contributed by atoms with Gasteiger partial charge in [-0.3, -0.25) is 0 Å². The molecule has 0 aliphatic rings. The van der Waals surface area contributed by atoms with Crippen LogP contribution in [0.5, 0.6) is 0 Å². The number of hydrogen-bond acceptors (Lipinski definition) is 4. The molecule has 0 amide bonds. The van der Waals surface area contributed by atoms with E-state index in [1.807, 2.05) is 13.0 Å². The maximum atomic E-state index is 5.77. The van der Waals surface area contributed by atoms with Crippen LogP contribution in [0.4, 0.5) is 11.6 Å². The number of nitrogens with zero attached hydrogens (tertiary/aromatic N) is 3. The van der Waals surface area contributed by atoms with E-state index >= 15 is 0 Å². The average molecular weight is 222 g/mol. The first kappa shape index (κ1) is 12.7. The Balaban J connectivity index is 2.89. The van der Waals surface area contributed by atoms with Crippen molar-refractivity contribution in [2.75, 3.05) is 17.7 Å². The zero-order chi connectivity index (χ0) is 12.1. The molecule has 1 aromatic rings. The van der Waals surface area contributed by atoms with Gasteiger partial charge < -0.3 is 10.6 Å². The Labute approximate surface area is 97.9 Å². The molecule has 0 bridgehead atoms. The zero-order valence-electron chi connectivity index (χ0n) is 10.7. The Morgan fingerprint density at radius 1 is 1.38 bits per heavy atom. The van der Waals surface area contributed by atoms with Gasteiger partial charge in [-0.15, -0.1) is 0 Å². The minimum absolute atomic E-state index is 0.476. The van der Waals surface area contributed by atoms with Crippen molar-refractivity contribution in [2.24, 2.45) is 0 Å². The largest absolute Gasteiger partial charge is 0.384 e. The second-order valence-corrected chi connectivity index (χ2v) is 4.17. The summed E-state index contributed by atoms with van der Waals surface area (Å²) in [5, 5.41) is 0. The van der Waals surface area contributed by atoms with Crippen molar-refractivity contribution in [2.45, 2.75) is 46.1 Å². The molecule has 1 aromatic heterocycles. The van der Waals surface area contributed by atoms with Crippen LogP contribution in [0.1, 0.15) is 39.4 Å². The van der Waals surface area contributed by atoms with Gasteiger partial charge in [0.1, 0.15) is 17.5 Å². The summed E-state index contributed by atoms with van der Waals surface area (Å²) in [5.41, 5.74) is 5.77. The predicted molar refractivity (Wildman–Crippen MR) is 68.6 cm³/mol. The fourth-order valence-electron chi connectivity index (χ4n) is 1.68. The summed E-state index contributed by atoms with van der Waals surface area (Å²) in [7, 11) is 2.06. The van der Waals surface area contributed by atoms with Crippen molar-refractivity contribution >= 4 is 11.6 Å². The Kier molecular flexibility index (Phi) is 4.52. The lowest BCUT2D eigenvalue weighted by molar-refractivity contribution is 0.609. The fraction of sp³-hybridized carbons (Fsp3) is 0.667. The Hall–Kier alpha value is -1.32. The molecule has 0 radical (unpaired) electrons. The van der Waals surface area contributed by atoms with E-state index in [0.717, 1.165) is 24.5 Å². The van der Waals surface area contributed by atoms with Crippen LogP contribution in [0.25, 0.3) is 0 Å². The van der Waals surface area contributed by atoms with Crippen molar-refractivity contribution in [3.8, 4) is 0 Å². The van der Waals surface area contributed by atoms with E-state index in [0.29, 0.717) is 11.9 Å². The topological polar surface area (TPSA) is 55.0 Å². The molecule has 4 heteroatoms. The summed E-state index contributed by atoms with van der Waals surface area (Å²) >= 11 is 0. The monoisotopic (exact) mass is 222 g/mol. The lowest BCUT2D eigenvalue weighted by atomic mass is 10.2. The average Bonchev–Trinajstić information content (AvgIpc) is 2.27. The van der Waals surface area contributed by atoms with Gasteiger partial charge in [0.05, 0.1) is 0 Å². The van der Waals surface area contributed by atoms with E-state index in [1.165, 1.54) is 6.42 Å². The van der Waals surface area contributed by atoms with Crippen LogP contribution in [0.2, 0.25) is 0 Å². The molecule has 1 rings (SSSR count). The molecule has 1 unspecified atom stereocenters. The van der Waals surface area contributed by atoms with Crippen molar-refractivity contribution in [3.63, 3.8) is 0 Å². The molecule has 0 aliphatic heterocycles. The maximum Gasteiger partial charge on any atom is 0.134 e. The van der Waals surface area contributed by atoms with Crippen molar-refractivity contribution in [1.29, 1.82) is 0 Å². The molecule has 0 saturated carbocycles. The molecule has 4 nitrogen and oxygen atoms in total. The van der Waals surface area contributed by atoms with Crippen molar-refractivity contribution in [3.05, 3.63) is 11.9 Å². The van der Waals surface area contributed by atoms with E-state index in [9.17, 15) is 0 Å². The zero-order valence-corrected chi connectivity index (χ0v) is 10.7. The molecule has 0 saturated heterocycles. The van der Waals surface area contributed by atoms with Crippen LogP contribution in [0.3, 0.4) is 0 Å². The van der Waals surface area contributed by atoms with Crippen LogP contribution < -0.4 is 10.6 Å². The van der Waals surface area contributed by atoms with Gasteiger partial charge >= 0.3 is 0 Å². The van der Waals surface area contributed by atoms with Gasteiger partial charge in [-0.25, -0.2) is 9.97 Å². The minimum Gasteiger partial charge on any atom is -0.384 e. The van der Waals surface area contributed by atoms with Crippen LogP contribution in [-0.2, 0) is 6.42 Å². The standard InChI is InChI=1S/C12H22N4/c1-5-7-9(3)16(4)12-8-10(13)14-11(6-2)15-12/h8-9H,5-7H2,1-4H3,(H2,13,14,15). The number of nitrogen functional groups attached to an aromatic ring is 1. The SMILES string of the molecule is CCCC(C)N(C)c1cc(N)nc(CC)n1. The van der Waals surface area contributed by atoms with Gasteiger partial charge in [-0.2, -0.15) is 0 Å². The van der Waals surface area contributed by atoms with Gasteiger partial charge in [0, 0.05) is 25.6 Å². The third-order valence-electron chi connectivity index (χ3n) is 2.82. The molecule has 0 spiro atoms. The summed E-state index contributed by atoms with van der Waals surface area (Å²) in [6, 6.07) is 2.31. The van der Waals surface area contributed by atoms with Gasteiger partial charge in [0.15, 0.2) is 0 Å². The Bertz CT molecular complexity index is 338. The van der Waals surface area contributed by atoms with Crippen molar-refractivity contribution in [1.82, 2.24) is 9.97 Å². The van der Waals surface area contributed by atoms with Gasteiger partial charge in [0.25, 0.3) is 0 Å². The van der Waals surface area contributed by atoms with E-state index in [2.05, 4.69) is 35.8 Å². The summed E-state index contributed by atoms with van der Waals surface area (Å²) in [6.45, 7) is 6.43. The van der Waals surface area contributed by atoms with E-state index in [4.69, 9.17) is 5.73 Å². The second-order valence-electron chi connectivity index (χ2n) is 4.17. The first-order valence-electron chi connectivity index (χ1n) is 5.94. The maximum absolute atomic E-state index is 5.77. The summed E-state index contributed by atoms with van der Waals surface area (Å²) in [6.07, 6.45) is 3.14. The highest BCUT2D eigenvalue weighted by molar-refractivity contribution is 5.47. The molecule has 0 aliphatic carbocycles. The molecular formula is C12H22N4. The van der Waals surface area contributed by atoms with Gasteiger partial charge in [0.2, 0.25) is 0 Å². The fourth-order valence-corrected chi connectivity index (χ4v) is 1.68. The van der Waals surface area contributed by atoms with E-state index in [-0.39, 0.29) is 0 Å². The normalized spacial score (nSPS) is 12.5. The molecule has 0 aromatic carbocycles. The first-order valence-corrected chi connectivity index (χ1v) is 5.94. The molecule has 1 heterocycles. The van der Waals surface area contributed by atoms with Gasteiger partial charge in [-0.05, 0) is 13.3 Å². The highest BCUT2D eigenvalue weighted by atomic mass is 15.2. The highest BCUT2D eigenvalue weighted by Gasteiger charge is 2.11. The molecule has 90 valence electrons. The quantitative estimate of drug-likeness (QED) is 0.830. The molecular weight excluding hydrogens is 200 g/mol. The summed E-state index contributed by atoms with van der Waals surface area (Å²) in [4.78, 5) is 10.8. The van der Waals surface area contributed by atoms with Crippen LogP contribution in [0.15, 0.2) is 6.07 Å². The van der Waals surface area contributed by atoms with Gasteiger partial charge in [-0.1, -0.05) is 20.3 Å². The summed E-state index contributed by atoms with van der Waals surface area (Å²) < 4.78 is 0. The second kappa shape index (κ2) is 5.68. The predicted octanol–water partition coefficient (Wildman–Crippen LogP) is 2.25. The molecule has 2 N–H and O–H groups in total. The highest BCUT2D eigenvalue weighted by Crippen LogP contribution is 2.17. The van der Waals surface area contributed by atoms with E-state index < -0.39 is 0 Å². The Morgan fingerprint density at radius 3 is 2.62 bits per heavy atom. The molecule has 0 fully saturated rings. The van der Waals surface area contributed by atoms with Crippen LogP contribution in [-0.4, -0.2) is 23.1 Å². The number of hydrogen-bond donors (Lipinski definition) is 1. The number of aromatic nitrogens is 2. The van der Waals surface area contributed by atoms with Crippen LogP contribution in [0, 0.1) is 0 Å². The lowest BCUT2D eigenvalue weighted by Crippen LogP contribution is -2.29. The summed E-state index contributed by atoms with van der Waals surface area (Å²) in [5.74, 6) is 2.29.